The molecular formula is C21H20N2O3S. The summed E-state index contributed by atoms with van der Waals surface area (Å²) >= 11 is 1.52. The van der Waals surface area contributed by atoms with Crippen molar-refractivity contribution in [1.82, 2.24) is 4.98 Å². The summed E-state index contributed by atoms with van der Waals surface area (Å²) in [4.78, 5) is 31.1. The van der Waals surface area contributed by atoms with Crippen molar-refractivity contribution in [2.24, 2.45) is 5.92 Å². The molecule has 0 unspecified atom stereocenters. The summed E-state index contributed by atoms with van der Waals surface area (Å²) in [5.74, 6) is -0.797. The molecule has 0 saturated carbocycles. The Bertz CT molecular complexity index is 965. The summed E-state index contributed by atoms with van der Waals surface area (Å²) < 4.78 is 6.53. The molecule has 2 heterocycles. The van der Waals surface area contributed by atoms with Crippen LogP contribution in [0, 0.1) is 5.92 Å². The topological polar surface area (TPSA) is 59.5 Å². The normalized spacial score (nSPS) is 16.9. The summed E-state index contributed by atoms with van der Waals surface area (Å²) in [7, 11) is 0. The summed E-state index contributed by atoms with van der Waals surface area (Å²) in [5, 5.41) is 0.766. The van der Waals surface area contributed by atoms with Crippen LogP contribution in [0.25, 0.3) is 10.2 Å². The molecule has 0 bridgehead atoms. The van der Waals surface area contributed by atoms with E-state index in [1.54, 1.807) is 4.90 Å². The lowest BCUT2D eigenvalue weighted by Crippen LogP contribution is -2.27. The number of para-hydroxylation sites is 2. The molecule has 0 aliphatic carbocycles. The van der Waals surface area contributed by atoms with Crippen molar-refractivity contribution in [2.75, 3.05) is 11.4 Å². The Labute approximate surface area is 161 Å². The molecule has 1 saturated heterocycles. The Morgan fingerprint density at radius 3 is 2.81 bits per heavy atom. The highest BCUT2D eigenvalue weighted by Gasteiger charge is 2.36. The molecule has 1 aliphatic heterocycles. The molecule has 1 fully saturated rings. The number of nitrogens with zero attached hydrogens (tertiary/aromatic N) is 2. The van der Waals surface area contributed by atoms with Gasteiger partial charge in [-0.2, -0.15) is 0 Å². The van der Waals surface area contributed by atoms with Gasteiger partial charge < -0.3 is 9.64 Å². The number of anilines is 1. The van der Waals surface area contributed by atoms with Crippen LogP contribution in [0.1, 0.15) is 23.9 Å². The highest BCUT2D eigenvalue weighted by Crippen LogP contribution is 2.29. The van der Waals surface area contributed by atoms with Crippen molar-refractivity contribution in [3.05, 3.63) is 59.1 Å². The maximum absolute atomic E-state index is 12.5. The van der Waals surface area contributed by atoms with Crippen LogP contribution in [0.3, 0.4) is 0 Å². The lowest BCUT2D eigenvalue weighted by molar-refractivity contribution is -0.149. The predicted octanol–water partition coefficient (Wildman–Crippen LogP) is 3.96. The fourth-order valence-electron chi connectivity index (χ4n) is 3.40. The van der Waals surface area contributed by atoms with Crippen molar-refractivity contribution < 1.29 is 14.3 Å². The molecule has 3 aromatic rings. The number of ether oxygens (including phenoxy) is 1. The molecular weight excluding hydrogens is 360 g/mol. The third-order valence-corrected chi connectivity index (χ3v) is 5.81. The van der Waals surface area contributed by atoms with Crippen molar-refractivity contribution in [3.63, 3.8) is 0 Å². The van der Waals surface area contributed by atoms with Crippen LogP contribution in [-0.2, 0) is 27.4 Å². The molecule has 1 amide bonds. The standard InChI is InChI=1S/C21H20N2O3S/c1-2-14-7-3-5-9-17(14)23-12-15(11-20(23)24)21(25)26-13-19-22-16-8-4-6-10-18(16)27-19/h3-10,15H,2,11-13H2,1H3/t15-/m0/s1. The first-order chi connectivity index (χ1) is 13.2. The minimum Gasteiger partial charge on any atom is -0.458 e. The number of hydrogen-bond donors (Lipinski definition) is 0. The zero-order valence-electron chi connectivity index (χ0n) is 15.1. The van der Waals surface area contributed by atoms with Crippen LogP contribution in [-0.4, -0.2) is 23.4 Å². The number of carbonyl (C=O) groups is 2. The van der Waals surface area contributed by atoms with Crippen molar-refractivity contribution in [3.8, 4) is 0 Å². The molecule has 1 aliphatic rings. The molecule has 5 nitrogen and oxygen atoms in total. The van der Waals surface area contributed by atoms with Crippen LogP contribution >= 0.6 is 11.3 Å². The first-order valence-corrected chi connectivity index (χ1v) is 9.86. The van der Waals surface area contributed by atoms with Gasteiger partial charge in [-0.25, -0.2) is 4.98 Å². The summed E-state index contributed by atoms with van der Waals surface area (Å²) in [6.45, 7) is 2.58. The summed E-state index contributed by atoms with van der Waals surface area (Å²) in [5.41, 5.74) is 2.91. The monoisotopic (exact) mass is 380 g/mol. The molecule has 0 radical (unpaired) electrons. The van der Waals surface area contributed by atoms with Crippen molar-refractivity contribution in [1.29, 1.82) is 0 Å². The Morgan fingerprint density at radius 2 is 2.00 bits per heavy atom. The second-order valence-electron chi connectivity index (χ2n) is 6.57. The van der Waals surface area contributed by atoms with Crippen LogP contribution in [0.2, 0.25) is 0 Å². The molecule has 0 spiro atoms. The number of benzene rings is 2. The van der Waals surface area contributed by atoms with E-state index in [0.29, 0.717) is 6.54 Å². The smallest absolute Gasteiger partial charge is 0.311 e. The molecule has 4 rings (SSSR count). The first-order valence-electron chi connectivity index (χ1n) is 9.05. The van der Waals surface area contributed by atoms with Crippen LogP contribution < -0.4 is 4.90 Å². The minimum atomic E-state index is -0.434. The number of aryl methyl sites for hydroxylation is 1. The van der Waals surface area contributed by atoms with Crippen LogP contribution in [0.4, 0.5) is 5.69 Å². The predicted molar refractivity (Wildman–Crippen MR) is 106 cm³/mol. The highest BCUT2D eigenvalue weighted by molar-refractivity contribution is 7.18. The molecule has 1 atom stereocenters. The number of thiazole rings is 1. The zero-order chi connectivity index (χ0) is 18.8. The average Bonchev–Trinajstić information content (AvgIpc) is 3.29. The Hall–Kier alpha value is -2.73. The lowest BCUT2D eigenvalue weighted by atomic mass is 10.1. The lowest BCUT2D eigenvalue weighted by Gasteiger charge is -2.19. The van der Waals surface area contributed by atoms with E-state index in [-0.39, 0.29) is 24.9 Å². The number of amides is 1. The van der Waals surface area contributed by atoms with Gasteiger partial charge in [-0.1, -0.05) is 37.3 Å². The SMILES string of the molecule is CCc1ccccc1N1C[C@@H](C(=O)OCc2nc3ccccc3s2)CC1=O. The fraction of sp³-hybridized carbons (Fsp3) is 0.286. The number of esters is 1. The Kier molecular flexibility index (Phi) is 4.90. The van der Waals surface area contributed by atoms with E-state index in [0.717, 1.165) is 32.9 Å². The van der Waals surface area contributed by atoms with Gasteiger partial charge in [0.15, 0.2) is 0 Å². The van der Waals surface area contributed by atoms with Crippen molar-refractivity contribution >= 4 is 39.1 Å². The van der Waals surface area contributed by atoms with Gasteiger partial charge in [-0.05, 0) is 30.2 Å². The van der Waals surface area contributed by atoms with E-state index in [1.807, 2.05) is 48.5 Å². The third kappa shape index (κ3) is 3.57. The van der Waals surface area contributed by atoms with Gasteiger partial charge in [-0.3, -0.25) is 9.59 Å². The maximum atomic E-state index is 12.5. The quantitative estimate of drug-likeness (QED) is 0.629. The van der Waals surface area contributed by atoms with E-state index in [2.05, 4.69) is 11.9 Å². The third-order valence-electron chi connectivity index (χ3n) is 4.80. The van der Waals surface area contributed by atoms with Gasteiger partial charge in [0.25, 0.3) is 0 Å². The Morgan fingerprint density at radius 1 is 1.22 bits per heavy atom. The van der Waals surface area contributed by atoms with E-state index in [4.69, 9.17) is 4.74 Å². The molecule has 138 valence electrons. The largest absolute Gasteiger partial charge is 0.458 e. The second kappa shape index (κ2) is 7.48. The van der Waals surface area contributed by atoms with Gasteiger partial charge in [-0.15, -0.1) is 11.3 Å². The molecule has 6 heteroatoms. The van der Waals surface area contributed by atoms with Crippen LogP contribution in [0.15, 0.2) is 48.5 Å². The van der Waals surface area contributed by atoms with E-state index >= 15 is 0 Å². The van der Waals surface area contributed by atoms with Gasteiger partial charge in [0.1, 0.15) is 11.6 Å². The first kappa shape index (κ1) is 17.7. The zero-order valence-corrected chi connectivity index (χ0v) is 15.9. The summed E-state index contributed by atoms with van der Waals surface area (Å²) in [6.07, 6.45) is 1.03. The number of rotatable bonds is 5. The van der Waals surface area contributed by atoms with E-state index < -0.39 is 5.92 Å². The average molecular weight is 380 g/mol. The second-order valence-corrected chi connectivity index (χ2v) is 7.69. The Balaban J connectivity index is 1.41. The number of carbonyl (C=O) groups excluding carboxylic acids is 2. The number of hydrogen-bond acceptors (Lipinski definition) is 5. The van der Waals surface area contributed by atoms with Gasteiger partial charge >= 0.3 is 5.97 Å². The number of fused-ring (bicyclic) bond motifs is 1. The van der Waals surface area contributed by atoms with Gasteiger partial charge in [0.2, 0.25) is 5.91 Å². The highest BCUT2D eigenvalue weighted by atomic mass is 32.1. The van der Waals surface area contributed by atoms with E-state index in [9.17, 15) is 9.59 Å². The van der Waals surface area contributed by atoms with E-state index in [1.165, 1.54) is 11.3 Å². The molecule has 1 aromatic heterocycles. The maximum Gasteiger partial charge on any atom is 0.311 e. The fourth-order valence-corrected chi connectivity index (χ4v) is 4.28. The van der Waals surface area contributed by atoms with Crippen LogP contribution in [0.5, 0.6) is 0 Å². The van der Waals surface area contributed by atoms with Crippen molar-refractivity contribution in [2.45, 2.75) is 26.4 Å². The molecule has 0 N–H and O–H groups in total. The summed E-state index contributed by atoms with van der Waals surface area (Å²) in [6, 6.07) is 15.7. The minimum absolute atomic E-state index is 0.0298. The van der Waals surface area contributed by atoms with Gasteiger partial charge in [0, 0.05) is 18.7 Å². The molecule has 27 heavy (non-hydrogen) atoms. The van der Waals surface area contributed by atoms with Gasteiger partial charge in [0.05, 0.1) is 16.1 Å². The molecule has 2 aromatic carbocycles. The number of aromatic nitrogens is 1.